The SMILES string of the molecule is CCC1(C)CNC2(CCCCC2)CN1CC1CCCC1. The summed E-state index contributed by atoms with van der Waals surface area (Å²) in [6.07, 6.45) is 14.4. The van der Waals surface area contributed by atoms with Gasteiger partial charge in [-0.25, -0.2) is 0 Å². The van der Waals surface area contributed by atoms with Crippen molar-refractivity contribution in [2.75, 3.05) is 19.6 Å². The van der Waals surface area contributed by atoms with Crippen molar-refractivity contribution in [1.29, 1.82) is 0 Å². The molecule has 1 atom stereocenters. The second kappa shape index (κ2) is 5.96. The number of piperazine rings is 1. The van der Waals surface area contributed by atoms with Crippen LogP contribution in [0.2, 0.25) is 0 Å². The maximum Gasteiger partial charge on any atom is 0.0309 e. The van der Waals surface area contributed by atoms with Crippen LogP contribution in [0.25, 0.3) is 0 Å². The zero-order valence-electron chi connectivity index (χ0n) is 13.7. The van der Waals surface area contributed by atoms with Crippen LogP contribution in [0.3, 0.4) is 0 Å². The van der Waals surface area contributed by atoms with Gasteiger partial charge >= 0.3 is 0 Å². The summed E-state index contributed by atoms with van der Waals surface area (Å²) in [4.78, 5) is 2.89. The minimum Gasteiger partial charge on any atom is -0.308 e. The maximum absolute atomic E-state index is 3.99. The molecule has 0 aromatic heterocycles. The van der Waals surface area contributed by atoms with E-state index in [9.17, 15) is 0 Å². The van der Waals surface area contributed by atoms with Gasteiger partial charge < -0.3 is 5.32 Å². The average molecular weight is 278 g/mol. The first-order chi connectivity index (χ1) is 9.66. The molecule has 1 heterocycles. The van der Waals surface area contributed by atoms with Crippen molar-refractivity contribution >= 4 is 0 Å². The highest BCUT2D eigenvalue weighted by Crippen LogP contribution is 2.37. The van der Waals surface area contributed by atoms with E-state index < -0.39 is 0 Å². The summed E-state index contributed by atoms with van der Waals surface area (Å²) in [5, 5.41) is 3.99. The zero-order valence-corrected chi connectivity index (χ0v) is 13.7. The van der Waals surface area contributed by atoms with Gasteiger partial charge in [0, 0.05) is 30.7 Å². The fourth-order valence-corrected chi connectivity index (χ4v) is 4.80. The van der Waals surface area contributed by atoms with Crippen molar-refractivity contribution < 1.29 is 0 Å². The largest absolute Gasteiger partial charge is 0.308 e. The van der Waals surface area contributed by atoms with E-state index in [1.54, 1.807) is 0 Å². The molecule has 1 spiro atoms. The Morgan fingerprint density at radius 2 is 1.75 bits per heavy atom. The highest BCUT2D eigenvalue weighted by atomic mass is 15.3. The van der Waals surface area contributed by atoms with Gasteiger partial charge in [-0.05, 0) is 44.9 Å². The third kappa shape index (κ3) is 2.92. The van der Waals surface area contributed by atoms with E-state index in [2.05, 4.69) is 24.1 Å². The van der Waals surface area contributed by atoms with Crippen LogP contribution in [0.1, 0.15) is 78.1 Å². The highest BCUT2D eigenvalue weighted by molar-refractivity contribution is 5.04. The van der Waals surface area contributed by atoms with Crippen molar-refractivity contribution in [1.82, 2.24) is 10.2 Å². The molecule has 2 nitrogen and oxygen atoms in total. The smallest absolute Gasteiger partial charge is 0.0309 e. The molecule has 3 fully saturated rings. The fourth-order valence-electron chi connectivity index (χ4n) is 4.80. The van der Waals surface area contributed by atoms with Crippen LogP contribution in [0.15, 0.2) is 0 Å². The molecule has 0 aromatic carbocycles. The Kier molecular flexibility index (Phi) is 4.42. The Bertz CT molecular complexity index is 315. The Hall–Kier alpha value is -0.0800. The van der Waals surface area contributed by atoms with E-state index in [1.807, 2.05) is 0 Å². The van der Waals surface area contributed by atoms with Gasteiger partial charge in [-0.3, -0.25) is 4.90 Å². The van der Waals surface area contributed by atoms with Crippen LogP contribution in [0.5, 0.6) is 0 Å². The van der Waals surface area contributed by atoms with Crippen molar-refractivity contribution in [2.45, 2.75) is 89.1 Å². The lowest BCUT2D eigenvalue weighted by Crippen LogP contribution is -2.69. The predicted octanol–water partition coefficient (Wildman–Crippen LogP) is 3.95. The summed E-state index contributed by atoms with van der Waals surface area (Å²) in [7, 11) is 0. The van der Waals surface area contributed by atoms with Gasteiger partial charge in [-0.2, -0.15) is 0 Å². The minimum atomic E-state index is 0.394. The number of hydrogen-bond donors (Lipinski definition) is 1. The second-order valence-corrected chi connectivity index (χ2v) is 8.08. The first-order valence-corrected chi connectivity index (χ1v) is 9.16. The van der Waals surface area contributed by atoms with Crippen molar-refractivity contribution in [3.63, 3.8) is 0 Å². The Morgan fingerprint density at radius 3 is 2.40 bits per heavy atom. The predicted molar refractivity (Wildman–Crippen MR) is 86.0 cm³/mol. The van der Waals surface area contributed by atoms with E-state index in [-0.39, 0.29) is 0 Å². The molecule has 2 saturated carbocycles. The molecule has 116 valence electrons. The highest BCUT2D eigenvalue weighted by Gasteiger charge is 2.44. The standard InChI is InChI=1S/C18H34N2/c1-3-17(2)14-19-18(11-7-4-8-12-18)15-20(17)13-16-9-5-6-10-16/h16,19H,3-15H2,1-2H3. The van der Waals surface area contributed by atoms with Gasteiger partial charge in [0.2, 0.25) is 0 Å². The molecule has 1 aliphatic heterocycles. The van der Waals surface area contributed by atoms with Gasteiger partial charge in [0.1, 0.15) is 0 Å². The van der Waals surface area contributed by atoms with Crippen LogP contribution >= 0.6 is 0 Å². The summed E-state index contributed by atoms with van der Waals surface area (Å²) in [6, 6.07) is 0. The van der Waals surface area contributed by atoms with Gasteiger partial charge in [0.25, 0.3) is 0 Å². The molecule has 2 heteroatoms. The van der Waals surface area contributed by atoms with Crippen molar-refractivity contribution in [2.24, 2.45) is 5.92 Å². The summed E-state index contributed by atoms with van der Waals surface area (Å²) in [5.41, 5.74) is 0.858. The molecular formula is C18H34N2. The molecule has 3 aliphatic rings. The van der Waals surface area contributed by atoms with E-state index in [4.69, 9.17) is 0 Å². The molecule has 20 heavy (non-hydrogen) atoms. The second-order valence-electron chi connectivity index (χ2n) is 8.08. The molecule has 0 aromatic rings. The topological polar surface area (TPSA) is 15.3 Å². The van der Waals surface area contributed by atoms with Crippen LogP contribution in [-0.2, 0) is 0 Å². The Labute approximate surface area is 125 Å². The fraction of sp³-hybridized carbons (Fsp3) is 1.00. The monoisotopic (exact) mass is 278 g/mol. The first kappa shape index (κ1) is 14.8. The van der Waals surface area contributed by atoms with E-state index >= 15 is 0 Å². The number of rotatable bonds is 3. The third-order valence-electron chi connectivity index (χ3n) is 6.63. The van der Waals surface area contributed by atoms with Crippen LogP contribution in [0, 0.1) is 5.92 Å². The number of hydrogen-bond acceptors (Lipinski definition) is 2. The van der Waals surface area contributed by atoms with Crippen molar-refractivity contribution in [3.05, 3.63) is 0 Å². The van der Waals surface area contributed by atoms with Crippen LogP contribution in [-0.4, -0.2) is 35.6 Å². The molecule has 0 radical (unpaired) electrons. The molecular weight excluding hydrogens is 244 g/mol. The molecule has 1 N–H and O–H groups in total. The lowest BCUT2D eigenvalue weighted by Gasteiger charge is -2.55. The van der Waals surface area contributed by atoms with E-state index in [1.165, 1.54) is 83.8 Å². The molecule has 1 unspecified atom stereocenters. The number of nitrogens with one attached hydrogen (secondary N) is 1. The zero-order chi connectivity index (χ0) is 14.1. The van der Waals surface area contributed by atoms with Gasteiger partial charge in [0.15, 0.2) is 0 Å². The molecule has 0 bridgehead atoms. The third-order valence-corrected chi connectivity index (χ3v) is 6.63. The van der Waals surface area contributed by atoms with Gasteiger partial charge in [-0.15, -0.1) is 0 Å². The normalized spacial score (nSPS) is 35.7. The molecule has 3 rings (SSSR count). The molecule has 0 amide bonds. The van der Waals surface area contributed by atoms with Gasteiger partial charge in [0.05, 0.1) is 0 Å². The minimum absolute atomic E-state index is 0.394. The Morgan fingerprint density at radius 1 is 1.05 bits per heavy atom. The van der Waals surface area contributed by atoms with E-state index in [0.717, 1.165) is 5.92 Å². The van der Waals surface area contributed by atoms with Crippen LogP contribution in [0.4, 0.5) is 0 Å². The number of nitrogens with zero attached hydrogens (tertiary/aromatic N) is 1. The summed E-state index contributed by atoms with van der Waals surface area (Å²) < 4.78 is 0. The van der Waals surface area contributed by atoms with Crippen molar-refractivity contribution in [3.8, 4) is 0 Å². The first-order valence-electron chi connectivity index (χ1n) is 9.16. The van der Waals surface area contributed by atoms with Crippen LogP contribution < -0.4 is 5.32 Å². The maximum atomic E-state index is 3.99. The lowest BCUT2D eigenvalue weighted by atomic mass is 9.76. The molecule has 1 saturated heterocycles. The van der Waals surface area contributed by atoms with E-state index in [0.29, 0.717) is 11.1 Å². The summed E-state index contributed by atoms with van der Waals surface area (Å²) in [5.74, 6) is 0.986. The Balaban J connectivity index is 1.70. The van der Waals surface area contributed by atoms with Gasteiger partial charge in [-0.1, -0.05) is 39.0 Å². The summed E-state index contributed by atoms with van der Waals surface area (Å²) >= 11 is 0. The quantitative estimate of drug-likeness (QED) is 0.841. The average Bonchev–Trinajstić information content (AvgIpc) is 2.97. The molecule has 2 aliphatic carbocycles. The summed E-state index contributed by atoms with van der Waals surface area (Å²) in [6.45, 7) is 8.75. The lowest BCUT2D eigenvalue weighted by molar-refractivity contribution is -0.0107.